The van der Waals surface area contributed by atoms with Crippen molar-refractivity contribution in [2.45, 2.75) is 119 Å². The highest BCUT2D eigenvalue weighted by atomic mass is 32.2. The van der Waals surface area contributed by atoms with Gasteiger partial charge in [-0.25, -0.2) is 33.7 Å². The minimum atomic E-state index is -3.92. The Morgan fingerprint density at radius 3 is 1.11 bits per heavy atom. The fourth-order valence-electron chi connectivity index (χ4n) is 10.2. The van der Waals surface area contributed by atoms with Crippen LogP contribution in [0.1, 0.15) is 123 Å². The minimum absolute atomic E-state index is 0.142. The molecule has 0 saturated carbocycles. The second-order valence-corrected chi connectivity index (χ2v) is 27.6. The molecule has 0 N–H and O–H groups in total. The minimum Gasteiger partial charge on any atom is -0.423 e. The van der Waals surface area contributed by atoms with E-state index in [1.165, 1.54) is 17.2 Å². The van der Waals surface area contributed by atoms with Gasteiger partial charge in [0.15, 0.2) is 0 Å². The van der Waals surface area contributed by atoms with Crippen LogP contribution in [0.25, 0.3) is 0 Å². The van der Waals surface area contributed by atoms with E-state index in [9.17, 15) is 33.7 Å². The molecule has 0 spiro atoms. The van der Waals surface area contributed by atoms with Gasteiger partial charge in [-0.3, -0.25) is 0 Å². The molecule has 4 aromatic carbocycles. The lowest BCUT2D eigenvalue weighted by Gasteiger charge is -2.32. The van der Waals surface area contributed by atoms with Crippen molar-refractivity contribution in [3.8, 4) is 0 Å². The molecular formula is C50H58N8O10S5. The van der Waals surface area contributed by atoms with Gasteiger partial charge in [0.1, 0.15) is 12.1 Å². The van der Waals surface area contributed by atoms with E-state index in [0.29, 0.717) is 114 Å². The standard InChI is InChI=1S/C50H58N8O10S5/c59-70(60,41-11-3-1-4-12-41)55-31-25-39(26-32-55)47-51-53-49(67-47)45-15-7-9-29-57(45)72(63,64)43-21-17-37(18-22-43)35-69-36-38-19-23-44(24-20-38)73(65,66)58-30-10-8-16-46(58)50-54-52-48(68-50)40-27-33-56(34-28-40)71(61,62)42-13-5-2-6-14-42/h1-6,11-14,17-24,39-40,45-46H,7-10,15-16,25-36H2. The summed E-state index contributed by atoms with van der Waals surface area (Å²) in [6, 6.07) is 29.3. The molecule has 0 amide bonds. The number of hydrogen-bond acceptors (Lipinski definition) is 15. The average Bonchev–Trinajstić information content (AvgIpc) is 4.14. The monoisotopic (exact) mass is 1090 g/mol. The van der Waals surface area contributed by atoms with Gasteiger partial charge in [0, 0.05) is 62.6 Å². The number of thioether (sulfide) groups is 1. The summed E-state index contributed by atoms with van der Waals surface area (Å²) in [6.07, 6.45) is 6.09. The highest BCUT2D eigenvalue weighted by Gasteiger charge is 2.41. The van der Waals surface area contributed by atoms with Crippen LogP contribution in [-0.2, 0) is 51.6 Å². The summed E-state index contributed by atoms with van der Waals surface area (Å²) >= 11 is 1.63. The maximum Gasteiger partial charge on any atom is 0.243 e. The Bertz CT molecular complexity index is 3070. The fourth-order valence-corrected chi connectivity index (χ4v) is 17.5. The predicted molar refractivity (Wildman–Crippen MR) is 272 cm³/mol. The van der Waals surface area contributed by atoms with Crippen LogP contribution in [0.5, 0.6) is 0 Å². The zero-order valence-corrected chi connectivity index (χ0v) is 44.2. The normalized spacial score (nSPS) is 21.1. The number of piperidine rings is 4. The highest BCUT2D eigenvalue weighted by molar-refractivity contribution is 7.97. The number of hydrogen-bond donors (Lipinski definition) is 0. The summed E-state index contributed by atoms with van der Waals surface area (Å²) in [5, 5.41) is 17.3. The largest absolute Gasteiger partial charge is 0.423 e. The SMILES string of the molecule is O=S(=O)(c1ccccc1)N1CCC(c2nnc(C3CCCCN3S(=O)(=O)c3ccc(CSCc4ccc(S(=O)(=O)N5CCCCC5c5nnc(C6CCN(S(=O)(=O)c7ccccc7)CC6)o5)cc4)cc3)o2)CC1. The number of rotatable bonds is 16. The lowest BCUT2D eigenvalue weighted by atomic mass is 9.98. The summed E-state index contributed by atoms with van der Waals surface area (Å²) in [4.78, 5) is 0.852. The predicted octanol–water partition coefficient (Wildman–Crippen LogP) is 7.85. The Morgan fingerprint density at radius 2 is 0.740 bits per heavy atom. The first kappa shape index (κ1) is 51.6. The average molecular weight is 1090 g/mol. The van der Waals surface area contributed by atoms with Crippen LogP contribution in [-0.4, -0.2) is 111 Å². The first-order valence-corrected chi connectivity index (χ1v) is 31.7. The van der Waals surface area contributed by atoms with Crippen molar-refractivity contribution in [3.63, 3.8) is 0 Å². The van der Waals surface area contributed by atoms with Crippen molar-refractivity contribution in [2.75, 3.05) is 39.3 Å². The topological polar surface area (TPSA) is 227 Å². The van der Waals surface area contributed by atoms with Gasteiger partial charge >= 0.3 is 0 Å². The van der Waals surface area contributed by atoms with Gasteiger partial charge in [-0.15, -0.1) is 20.4 Å². The summed E-state index contributed by atoms with van der Waals surface area (Å²) in [6.45, 7) is 1.86. The first-order valence-electron chi connectivity index (χ1n) is 24.8. The zero-order valence-electron chi connectivity index (χ0n) is 40.1. The molecule has 0 bridgehead atoms. The second kappa shape index (κ2) is 21.8. The Kier molecular flexibility index (Phi) is 15.4. The van der Waals surface area contributed by atoms with E-state index >= 15 is 0 Å². The molecule has 6 heterocycles. The van der Waals surface area contributed by atoms with Crippen molar-refractivity contribution in [1.82, 2.24) is 37.6 Å². The van der Waals surface area contributed by atoms with E-state index in [0.717, 1.165) is 24.0 Å². The molecule has 0 aliphatic carbocycles. The lowest BCUT2D eigenvalue weighted by Crippen LogP contribution is -2.38. The van der Waals surface area contributed by atoms with Gasteiger partial charge in [0.05, 0.1) is 19.6 Å². The van der Waals surface area contributed by atoms with E-state index in [1.54, 1.807) is 96.7 Å². The Labute approximate surface area is 431 Å². The molecule has 2 unspecified atom stereocenters. The highest BCUT2D eigenvalue weighted by Crippen LogP contribution is 2.40. The molecule has 18 nitrogen and oxygen atoms in total. The van der Waals surface area contributed by atoms with E-state index in [-0.39, 0.29) is 43.2 Å². The van der Waals surface area contributed by atoms with Crippen LogP contribution in [0, 0.1) is 0 Å². The van der Waals surface area contributed by atoms with Gasteiger partial charge in [0.25, 0.3) is 0 Å². The van der Waals surface area contributed by atoms with Crippen LogP contribution >= 0.6 is 11.8 Å². The van der Waals surface area contributed by atoms with Gasteiger partial charge in [0.2, 0.25) is 63.7 Å². The van der Waals surface area contributed by atoms with Gasteiger partial charge in [-0.1, -0.05) is 73.5 Å². The molecule has 388 valence electrons. The van der Waals surface area contributed by atoms with Crippen molar-refractivity contribution in [3.05, 3.63) is 144 Å². The smallest absolute Gasteiger partial charge is 0.243 e. The third kappa shape index (κ3) is 11.0. The Hall–Kier alpha value is -4.85. The molecule has 4 fully saturated rings. The summed E-state index contributed by atoms with van der Waals surface area (Å²) < 4.78 is 128. The molecule has 4 saturated heterocycles. The molecule has 2 atom stereocenters. The van der Waals surface area contributed by atoms with E-state index in [1.807, 2.05) is 24.3 Å². The van der Waals surface area contributed by atoms with Crippen LogP contribution in [0.3, 0.4) is 0 Å². The number of nitrogens with zero attached hydrogens (tertiary/aromatic N) is 8. The van der Waals surface area contributed by atoms with Crippen LogP contribution < -0.4 is 0 Å². The molecule has 23 heteroatoms. The number of aromatic nitrogens is 4. The summed E-state index contributed by atoms with van der Waals surface area (Å²) in [7, 11) is -15.1. The van der Waals surface area contributed by atoms with Crippen LogP contribution in [0.4, 0.5) is 0 Å². The molecule has 2 aromatic heterocycles. The van der Waals surface area contributed by atoms with Crippen LogP contribution in [0.15, 0.2) is 138 Å². The van der Waals surface area contributed by atoms with Crippen molar-refractivity contribution in [2.24, 2.45) is 0 Å². The third-order valence-corrected chi connectivity index (χ3v) is 23.1. The summed E-state index contributed by atoms with van der Waals surface area (Å²) in [5.41, 5.74) is 1.87. The third-order valence-electron chi connectivity index (χ3n) is 14.4. The zero-order chi connectivity index (χ0) is 50.8. The molecule has 10 rings (SSSR count). The van der Waals surface area contributed by atoms with Gasteiger partial charge in [-0.05, 0) is 111 Å². The molecule has 4 aliphatic rings. The Balaban J connectivity index is 0.716. The van der Waals surface area contributed by atoms with Crippen molar-refractivity contribution >= 4 is 51.9 Å². The van der Waals surface area contributed by atoms with Gasteiger partial charge in [-0.2, -0.15) is 29.0 Å². The second-order valence-electron chi connectivity index (χ2n) is 19.0. The number of sulfonamides is 4. The molecule has 0 radical (unpaired) electrons. The molecule has 4 aliphatic heterocycles. The maximum atomic E-state index is 14.2. The molecular weight excluding hydrogens is 1030 g/mol. The van der Waals surface area contributed by atoms with Gasteiger partial charge < -0.3 is 8.83 Å². The first-order chi connectivity index (χ1) is 35.2. The molecule has 73 heavy (non-hydrogen) atoms. The fraction of sp³-hybridized carbons (Fsp3) is 0.440. The van der Waals surface area contributed by atoms with E-state index in [2.05, 4.69) is 20.4 Å². The maximum absolute atomic E-state index is 14.2. The van der Waals surface area contributed by atoms with Crippen molar-refractivity contribution in [1.29, 1.82) is 0 Å². The van der Waals surface area contributed by atoms with Crippen molar-refractivity contribution < 1.29 is 42.5 Å². The Morgan fingerprint density at radius 1 is 0.397 bits per heavy atom. The lowest BCUT2D eigenvalue weighted by molar-refractivity contribution is 0.210. The molecule has 6 aromatic rings. The van der Waals surface area contributed by atoms with Crippen LogP contribution in [0.2, 0.25) is 0 Å². The number of benzene rings is 4. The summed E-state index contributed by atoms with van der Waals surface area (Å²) in [5.74, 6) is 2.20. The van der Waals surface area contributed by atoms with E-state index in [4.69, 9.17) is 8.83 Å². The quantitative estimate of drug-likeness (QED) is 0.0899. The van der Waals surface area contributed by atoms with E-state index < -0.39 is 52.2 Å².